The first-order chi connectivity index (χ1) is 12.1. The molecular formula is C19H14Cl2N2O2. The molecule has 0 saturated carbocycles. The van der Waals surface area contributed by atoms with Gasteiger partial charge in [0.05, 0.1) is 12.3 Å². The quantitative estimate of drug-likeness (QED) is 0.583. The highest BCUT2D eigenvalue weighted by atomic mass is 35.5. The van der Waals surface area contributed by atoms with E-state index in [0.29, 0.717) is 21.6 Å². The van der Waals surface area contributed by atoms with Crippen molar-refractivity contribution in [3.05, 3.63) is 70.3 Å². The minimum atomic E-state index is -0.490. The van der Waals surface area contributed by atoms with Crippen molar-refractivity contribution in [3.63, 3.8) is 0 Å². The number of nitrogens with zero attached hydrogens (tertiary/aromatic N) is 2. The van der Waals surface area contributed by atoms with Crippen molar-refractivity contribution in [2.75, 3.05) is 6.61 Å². The summed E-state index contributed by atoms with van der Waals surface area (Å²) in [5.41, 5.74) is 2.39. The summed E-state index contributed by atoms with van der Waals surface area (Å²) in [5.74, 6) is -0.0671. The topological polar surface area (TPSA) is 52.1 Å². The minimum Gasteiger partial charge on any atom is -0.461 e. The highest BCUT2D eigenvalue weighted by Crippen LogP contribution is 2.25. The molecule has 1 heterocycles. The molecule has 0 fully saturated rings. The predicted octanol–water partition coefficient (Wildman–Crippen LogP) is 5.29. The molecule has 0 radical (unpaired) electrons. The standard InChI is InChI=1S/C19H14Cl2N2O2/c1-2-25-19(24)17-11-16(12-3-7-14(20)8-4-12)22-18(23-17)13-5-9-15(21)10-6-13/h3-11H,2H2,1H3. The lowest BCUT2D eigenvalue weighted by molar-refractivity contribution is 0.0519. The molecule has 25 heavy (non-hydrogen) atoms. The van der Waals surface area contributed by atoms with Gasteiger partial charge in [0.25, 0.3) is 0 Å². The predicted molar refractivity (Wildman–Crippen MR) is 98.9 cm³/mol. The van der Waals surface area contributed by atoms with E-state index in [-0.39, 0.29) is 12.3 Å². The Morgan fingerprint density at radius 3 is 2.04 bits per heavy atom. The van der Waals surface area contributed by atoms with Gasteiger partial charge in [-0.25, -0.2) is 14.8 Å². The molecule has 0 aliphatic carbocycles. The first kappa shape index (κ1) is 17.4. The molecule has 0 spiro atoms. The average Bonchev–Trinajstić information content (AvgIpc) is 2.63. The van der Waals surface area contributed by atoms with Crippen LogP contribution >= 0.6 is 23.2 Å². The number of benzene rings is 2. The van der Waals surface area contributed by atoms with Gasteiger partial charge in [-0.2, -0.15) is 0 Å². The zero-order chi connectivity index (χ0) is 17.8. The van der Waals surface area contributed by atoms with Crippen LogP contribution in [-0.2, 0) is 4.74 Å². The van der Waals surface area contributed by atoms with Crippen molar-refractivity contribution in [2.24, 2.45) is 0 Å². The molecule has 0 aliphatic rings. The van der Waals surface area contributed by atoms with Gasteiger partial charge in [-0.1, -0.05) is 35.3 Å². The van der Waals surface area contributed by atoms with Crippen molar-refractivity contribution in [1.82, 2.24) is 9.97 Å². The molecule has 0 aliphatic heterocycles. The molecule has 0 saturated heterocycles. The van der Waals surface area contributed by atoms with Gasteiger partial charge >= 0.3 is 5.97 Å². The zero-order valence-electron chi connectivity index (χ0n) is 13.4. The second-order valence-electron chi connectivity index (χ2n) is 5.20. The molecule has 126 valence electrons. The van der Waals surface area contributed by atoms with Gasteiger partial charge in [0.1, 0.15) is 0 Å². The van der Waals surface area contributed by atoms with Crippen LogP contribution in [0.1, 0.15) is 17.4 Å². The van der Waals surface area contributed by atoms with Crippen molar-refractivity contribution in [3.8, 4) is 22.6 Å². The highest BCUT2D eigenvalue weighted by Gasteiger charge is 2.15. The number of rotatable bonds is 4. The van der Waals surface area contributed by atoms with E-state index in [1.165, 1.54) is 0 Å². The average molecular weight is 373 g/mol. The van der Waals surface area contributed by atoms with E-state index in [2.05, 4.69) is 9.97 Å². The van der Waals surface area contributed by atoms with Gasteiger partial charge in [-0.15, -0.1) is 0 Å². The summed E-state index contributed by atoms with van der Waals surface area (Å²) in [6.45, 7) is 2.02. The Balaban J connectivity index is 2.12. The monoisotopic (exact) mass is 372 g/mol. The maximum absolute atomic E-state index is 12.2. The van der Waals surface area contributed by atoms with Crippen LogP contribution in [0.25, 0.3) is 22.6 Å². The molecule has 6 heteroatoms. The van der Waals surface area contributed by atoms with E-state index in [4.69, 9.17) is 27.9 Å². The van der Waals surface area contributed by atoms with Gasteiger partial charge in [0, 0.05) is 21.2 Å². The van der Waals surface area contributed by atoms with Crippen LogP contribution in [0.4, 0.5) is 0 Å². The Morgan fingerprint density at radius 2 is 1.48 bits per heavy atom. The summed E-state index contributed by atoms with van der Waals surface area (Å²) in [5, 5.41) is 1.24. The second kappa shape index (κ2) is 7.64. The molecule has 0 amide bonds. The maximum Gasteiger partial charge on any atom is 0.357 e. The third-order valence-corrected chi connectivity index (χ3v) is 3.96. The van der Waals surface area contributed by atoms with Gasteiger partial charge in [-0.05, 0) is 49.4 Å². The summed E-state index contributed by atoms with van der Waals surface area (Å²) in [6, 6.07) is 15.9. The minimum absolute atomic E-state index is 0.201. The lowest BCUT2D eigenvalue weighted by atomic mass is 10.1. The van der Waals surface area contributed by atoms with Crippen molar-refractivity contribution < 1.29 is 9.53 Å². The molecule has 0 unspecified atom stereocenters. The van der Waals surface area contributed by atoms with Crippen LogP contribution in [0.3, 0.4) is 0 Å². The van der Waals surface area contributed by atoms with Crippen molar-refractivity contribution >= 4 is 29.2 Å². The molecule has 0 N–H and O–H groups in total. The van der Waals surface area contributed by atoms with E-state index in [1.807, 2.05) is 12.1 Å². The number of carbonyl (C=O) groups excluding carboxylic acids is 1. The Morgan fingerprint density at radius 1 is 0.920 bits per heavy atom. The van der Waals surface area contributed by atoms with E-state index in [1.54, 1.807) is 49.4 Å². The molecule has 4 nitrogen and oxygen atoms in total. The smallest absolute Gasteiger partial charge is 0.357 e. The maximum atomic E-state index is 12.2. The number of ether oxygens (including phenoxy) is 1. The summed E-state index contributed by atoms with van der Waals surface area (Å²) in [7, 11) is 0. The number of carbonyl (C=O) groups is 1. The van der Waals surface area contributed by atoms with Gasteiger partial charge in [0.2, 0.25) is 0 Å². The van der Waals surface area contributed by atoms with Crippen LogP contribution in [-0.4, -0.2) is 22.5 Å². The fourth-order valence-electron chi connectivity index (χ4n) is 2.25. The number of esters is 1. The fourth-order valence-corrected chi connectivity index (χ4v) is 2.51. The van der Waals surface area contributed by atoms with E-state index in [0.717, 1.165) is 11.1 Å². The third kappa shape index (κ3) is 4.16. The molecule has 0 bridgehead atoms. The normalized spacial score (nSPS) is 10.5. The Labute approximate surface area is 155 Å². The Bertz CT molecular complexity index is 831. The van der Waals surface area contributed by atoms with Gasteiger partial charge < -0.3 is 4.74 Å². The van der Waals surface area contributed by atoms with E-state index in [9.17, 15) is 4.79 Å². The number of hydrogen-bond acceptors (Lipinski definition) is 4. The second-order valence-corrected chi connectivity index (χ2v) is 6.07. The number of halogens is 2. The first-order valence-electron chi connectivity index (χ1n) is 7.65. The lowest BCUT2D eigenvalue weighted by Gasteiger charge is -2.08. The van der Waals surface area contributed by atoms with E-state index < -0.39 is 5.97 Å². The molecular weight excluding hydrogens is 359 g/mol. The van der Waals surface area contributed by atoms with Crippen molar-refractivity contribution in [1.29, 1.82) is 0 Å². The van der Waals surface area contributed by atoms with Gasteiger partial charge in [0.15, 0.2) is 11.5 Å². The molecule has 2 aromatic carbocycles. The molecule has 0 atom stereocenters. The van der Waals surface area contributed by atoms with Crippen LogP contribution in [0.5, 0.6) is 0 Å². The first-order valence-corrected chi connectivity index (χ1v) is 8.40. The third-order valence-electron chi connectivity index (χ3n) is 3.45. The summed E-state index contributed by atoms with van der Waals surface area (Å²) >= 11 is 11.9. The summed E-state index contributed by atoms with van der Waals surface area (Å²) in [4.78, 5) is 21.1. The lowest BCUT2D eigenvalue weighted by Crippen LogP contribution is -2.09. The molecule has 3 rings (SSSR count). The van der Waals surface area contributed by atoms with Crippen molar-refractivity contribution in [2.45, 2.75) is 6.92 Å². The number of hydrogen-bond donors (Lipinski definition) is 0. The zero-order valence-corrected chi connectivity index (χ0v) is 14.9. The summed E-state index contributed by atoms with van der Waals surface area (Å²) < 4.78 is 5.08. The molecule has 1 aromatic heterocycles. The Kier molecular flexibility index (Phi) is 5.31. The van der Waals surface area contributed by atoms with Crippen LogP contribution in [0, 0.1) is 0 Å². The van der Waals surface area contributed by atoms with E-state index >= 15 is 0 Å². The SMILES string of the molecule is CCOC(=O)c1cc(-c2ccc(Cl)cc2)nc(-c2ccc(Cl)cc2)n1. The van der Waals surface area contributed by atoms with Crippen LogP contribution in [0.15, 0.2) is 54.6 Å². The van der Waals surface area contributed by atoms with Crippen LogP contribution < -0.4 is 0 Å². The van der Waals surface area contributed by atoms with Crippen LogP contribution in [0.2, 0.25) is 10.0 Å². The molecule has 3 aromatic rings. The number of aromatic nitrogens is 2. The largest absolute Gasteiger partial charge is 0.461 e. The van der Waals surface area contributed by atoms with Gasteiger partial charge in [-0.3, -0.25) is 0 Å². The summed E-state index contributed by atoms with van der Waals surface area (Å²) in [6.07, 6.45) is 0. The Hall–Kier alpha value is -2.43. The highest BCUT2D eigenvalue weighted by molar-refractivity contribution is 6.30. The fraction of sp³-hybridized carbons (Fsp3) is 0.105.